The van der Waals surface area contributed by atoms with Crippen molar-refractivity contribution < 1.29 is 4.39 Å². The minimum absolute atomic E-state index is 0.323. The van der Waals surface area contributed by atoms with Crippen LogP contribution in [0.4, 0.5) is 4.39 Å². The second-order valence-corrected chi connectivity index (χ2v) is 7.76. The van der Waals surface area contributed by atoms with Crippen LogP contribution in [0.2, 0.25) is 0 Å². The number of aromatic nitrogens is 3. The minimum atomic E-state index is -0.323. The van der Waals surface area contributed by atoms with Gasteiger partial charge in [-0.25, -0.2) is 9.07 Å². The maximum Gasteiger partial charge on any atom is 0.204 e. The van der Waals surface area contributed by atoms with E-state index in [0.29, 0.717) is 22.8 Å². The first kappa shape index (κ1) is 20.2. The van der Waals surface area contributed by atoms with E-state index in [2.05, 4.69) is 17.0 Å². The zero-order valence-corrected chi connectivity index (χ0v) is 17.8. The average Bonchev–Trinajstić information content (AvgIpc) is 3.05. The molecule has 0 N–H and O–H groups in total. The Balaban J connectivity index is 1.75. The van der Waals surface area contributed by atoms with Crippen molar-refractivity contribution in [2.45, 2.75) is 20.1 Å². The van der Waals surface area contributed by atoms with E-state index in [1.165, 1.54) is 11.6 Å². The van der Waals surface area contributed by atoms with Gasteiger partial charge in [-0.2, -0.15) is 0 Å². The smallest absolute Gasteiger partial charge is 0.204 e. The van der Waals surface area contributed by atoms with E-state index in [4.69, 9.17) is 17.3 Å². The van der Waals surface area contributed by atoms with E-state index >= 15 is 0 Å². The summed E-state index contributed by atoms with van der Waals surface area (Å²) in [6.45, 7) is 3.28. The summed E-state index contributed by atoms with van der Waals surface area (Å²) in [5.41, 5.74) is 3.64. The molecular weight excluding hydrogens is 395 g/mol. The lowest BCUT2D eigenvalue weighted by Crippen LogP contribution is -2.22. The molecule has 0 bridgehead atoms. The normalized spacial score (nSPS) is 11.2. The molecule has 1 heterocycles. The molecule has 0 atom stereocenters. The molecule has 0 saturated carbocycles. The topological polar surface area (TPSA) is 26.0 Å². The lowest BCUT2D eigenvalue weighted by atomic mass is 10.2. The predicted molar refractivity (Wildman–Crippen MR) is 120 cm³/mol. The zero-order chi connectivity index (χ0) is 21.1. The van der Waals surface area contributed by atoms with Crippen molar-refractivity contribution in [3.63, 3.8) is 0 Å². The number of rotatable bonds is 6. The molecule has 4 nitrogen and oxygen atoms in total. The van der Waals surface area contributed by atoms with Crippen LogP contribution in [-0.2, 0) is 13.2 Å². The van der Waals surface area contributed by atoms with Crippen molar-refractivity contribution in [2.75, 3.05) is 7.05 Å². The van der Waals surface area contributed by atoms with Crippen LogP contribution in [0, 0.1) is 17.5 Å². The van der Waals surface area contributed by atoms with Gasteiger partial charge in [0.05, 0.1) is 12.2 Å². The second-order valence-electron chi connectivity index (χ2n) is 7.40. The quantitative estimate of drug-likeness (QED) is 0.381. The first-order valence-electron chi connectivity index (χ1n) is 9.77. The highest BCUT2D eigenvalue weighted by Gasteiger charge is 2.18. The van der Waals surface area contributed by atoms with Crippen LogP contribution in [0.3, 0.4) is 0 Å². The first-order chi connectivity index (χ1) is 14.5. The molecule has 0 aliphatic heterocycles. The van der Waals surface area contributed by atoms with Crippen molar-refractivity contribution >= 4 is 12.2 Å². The molecule has 0 unspecified atom stereocenters. The molecule has 4 aromatic rings. The fourth-order valence-corrected chi connectivity index (χ4v) is 3.71. The zero-order valence-electron chi connectivity index (χ0n) is 17.0. The third-order valence-electron chi connectivity index (χ3n) is 4.92. The molecular formula is C24H23FN4S. The van der Waals surface area contributed by atoms with E-state index in [-0.39, 0.29) is 5.82 Å². The molecule has 0 spiro atoms. The Morgan fingerprint density at radius 3 is 2.30 bits per heavy atom. The number of benzene rings is 3. The van der Waals surface area contributed by atoms with Crippen LogP contribution in [0.15, 0.2) is 78.9 Å². The van der Waals surface area contributed by atoms with Crippen LogP contribution >= 0.6 is 12.2 Å². The van der Waals surface area contributed by atoms with Gasteiger partial charge in [0, 0.05) is 12.2 Å². The van der Waals surface area contributed by atoms with Crippen molar-refractivity contribution in [1.29, 1.82) is 0 Å². The number of halogens is 1. The number of nitrogens with zero attached hydrogens (tertiary/aromatic N) is 4. The first-order valence-corrected chi connectivity index (χ1v) is 10.2. The van der Waals surface area contributed by atoms with Gasteiger partial charge in [0.25, 0.3) is 0 Å². The Bertz CT molecular complexity index is 1200. The molecule has 3 aromatic carbocycles. The maximum atomic E-state index is 14.6. The molecule has 0 amide bonds. The fraction of sp³-hybridized carbons (Fsp3) is 0.167. The summed E-state index contributed by atoms with van der Waals surface area (Å²) >= 11 is 5.77. The molecule has 0 fully saturated rings. The maximum absolute atomic E-state index is 14.6. The van der Waals surface area contributed by atoms with E-state index in [9.17, 15) is 4.39 Å². The standard InChI is InChI=1S/C24H23FN4S/c1-18-12-14-20(15-13-18)29-23(21-10-6-7-11-22(21)25)26-28(24(29)30)17-27(2)16-19-8-4-3-5-9-19/h3-15H,16-17H2,1-2H3. The van der Waals surface area contributed by atoms with E-state index < -0.39 is 0 Å². The van der Waals surface area contributed by atoms with Gasteiger partial charge in [0.15, 0.2) is 5.82 Å². The SMILES string of the molecule is Cc1ccc(-n2c(-c3ccccc3F)nn(CN(C)Cc3ccccc3)c2=S)cc1. The Labute approximate surface area is 180 Å². The second kappa shape index (κ2) is 8.73. The summed E-state index contributed by atoms with van der Waals surface area (Å²) in [4.78, 5) is 2.13. The summed E-state index contributed by atoms with van der Waals surface area (Å²) in [5, 5.41) is 4.72. The van der Waals surface area contributed by atoms with Gasteiger partial charge in [-0.3, -0.25) is 9.47 Å². The van der Waals surface area contributed by atoms with Crippen LogP contribution in [-0.4, -0.2) is 26.3 Å². The fourth-order valence-electron chi connectivity index (χ4n) is 3.42. The summed E-state index contributed by atoms with van der Waals surface area (Å²) < 4.78 is 18.7. The van der Waals surface area contributed by atoms with E-state index in [1.54, 1.807) is 16.8 Å². The van der Waals surface area contributed by atoms with E-state index in [1.807, 2.05) is 67.1 Å². The molecule has 4 rings (SSSR count). The Kier molecular flexibility index (Phi) is 5.88. The third-order valence-corrected chi connectivity index (χ3v) is 5.31. The van der Waals surface area contributed by atoms with Gasteiger partial charge in [-0.15, -0.1) is 5.10 Å². The molecule has 0 aliphatic carbocycles. The molecule has 152 valence electrons. The van der Waals surface area contributed by atoms with Crippen LogP contribution in [0.25, 0.3) is 17.1 Å². The van der Waals surface area contributed by atoms with Gasteiger partial charge < -0.3 is 0 Å². The number of hydrogen-bond donors (Lipinski definition) is 0. The number of hydrogen-bond acceptors (Lipinski definition) is 3. The lowest BCUT2D eigenvalue weighted by molar-refractivity contribution is 0.244. The van der Waals surface area contributed by atoms with Gasteiger partial charge in [-0.05, 0) is 56.0 Å². The molecule has 1 aromatic heterocycles. The number of aryl methyl sites for hydroxylation is 1. The van der Waals surface area contributed by atoms with Crippen molar-refractivity contribution in [3.8, 4) is 17.1 Å². The highest BCUT2D eigenvalue weighted by Crippen LogP contribution is 2.25. The lowest BCUT2D eigenvalue weighted by Gasteiger charge is -2.16. The summed E-state index contributed by atoms with van der Waals surface area (Å²) in [5.74, 6) is 0.172. The van der Waals surface area contributed by atoms with Crippen LogP contribution in [0.1, 0.15) is 11.1 Å². The predicted octanol–water partition coefficient (Wildman–Crippen LogP) is 5.61. The van der Waals surface area contributed by atoms with Crippen LogP contribution < -0.4 is 0 Å². The monoisotopic (exact) mass is 418 g/mol. The summed E-state index contributed by atoms with van der Waals surface area (Å²) in [6, 6.07) is 24.9. The van der Waals surface area contributed by atoms with Gasteiger partial charge >= 0.3 is 0 Å². The van der Waals surface area contributed by atoms with Crippen molar-refractivity contribution in [3.05, 3.63) is 101 Å². The molecule has 6 heteroatoms. The largest absolute Gasteiger partial charge is 0.283 e. The Morgan fingerprint density at radius 2 is 1.60 bits per heavy atom. The minimum Gasteiger partial charge on any atom is -0.283 e. The summed E-state index contributed by atoms with van der Waals surface area (Å²) in [6.07, 6.45) is 0. The van der Waals surface area contributed by atoms with Gasteiger partial charge in [0.1, 0.15) is 5.82 Å². The molecule has 0 radical (unpaired) electrons. The van der Waals surface area contributed by atoms with Gasteiger partial charge in [0.2, 0.25) is 4.77 Å². The average molecular weight is 419 g/mol. The summed E-state index contributed by atoms with van der Waals surface area (Å²) in [7, 11) is 2.02. The van der Waals surface area contributed by atoms with E-state index in [0.717, 1.165) is 17.8 Å². The third kappa shape index (κ3) is 4.25. The molecule has 30 heavy (non-hydrogen) atoms. The Morgan fingerprint density at radius 1 is 0.933 bits per heavy atom. The van der Waals surface area contributed by atoms with Crippen molar-refractivity contribution in [2.24, 2.45) is 0 Å². The van der Waals surface area contributed by atoms with Gasteiger partial charge in [-0.1, -0.05) is 60.2 Å². The van der Waals surface area contributed by atoms with Crippen LogP contribution in [0.5, 0.6) is 0 Å². The van der Waals surface area contributed by atoms with Crippen molar-refractivity contribution in [1.82, 2.24) is 19.2 Å². The molecule has 0 saturated heterocycles. The highest BCUT2D eigenvalue weighted by molar-refractivity contribution is 7.71. The Hall–Kier alpha value is -3.09. The highest BCUT2D eigenvalue weighted by atomic mass is 32.1. The molecule has 0 aliphatic rings.